The summed E-state index contributed by atoms with van der Waals surface area (Å²) < 4.78 is 1.85. The summed E-state index contributed by atoms with van der Waals surface area (Å²) in [7, 11) is 0. The zero-order valence-electron chi connectivity index (χ0n) is 10.8. The fourth-order valence-electron chi connectivity index (χ4n) is 1.22. The van der Waals surface area contributed by atoms with Gasteiger partial charge in [-0.05, 0) is 23.8 Å². The Kier molecular flexibility index (Phi) is 6.21. The van der Waals surface area contributed by atoms with Gasteiger partial charge in [0.2, 0.25) is 5.16 Å². The third-order valence-corrected chi connectivity index (χ3v) is 3.09. The number of hydrogen-bond acceptors (Lipinski definition) is 5. The van der Waals surface area contributed by atoms with Crippen LogP contribution in [0.1, 0.15) is 27.2 Å². The number of hydrogen-bond donors (Lipinski definition) is 1. The topological polar surface area (TPSA) is 55.6 Å². The summed E-state index contributed by atoms with van der Waals surface area (Å²) in [6.07, 6.45) is 1.00. The molecule has 5 nitrogen and oxygen atoms in total. The Morgan fingerprint density at radius 1 is 1.53 bits per heavy atom. The number of rotatable bonds is 8. The van der Waals surface area contributed by atoms with E-state index in [1.165, 1.54) is 5.57 Å². The maximum Gasteiger partial charge on any atom is 0.209 e. The molecule has 6 heteroatoms. The Labute approximate surface area is 107 Å². The van der Waals surface area contributed by atoms with Crippen molar-refractivity contribution in [2.75, 3.05) is 12.3 Å². The van der Waals surface area contributed by atoms with Crippen molar-refractivity contribution in [1.29, 1.82) is 0 Å². The Balaban J connectivity index is 2.34. The van der Waals surface area contributed by atoms with Crippen LogP contribution in [0.2, 0.25) is 0 Å². The van der Waals surface area contributed by atoms with Crippen molar-refractivity contribution in [3.05, 3.63) is 12.2 Å². The monoisotopic (exact) mass is 255 g/mol. The number of tetrazole rings is 1. The van der Waals surface area contributed by atoms with Gasteiger partial charge in [0, 0.05) is 18.3 Å². The molecule has 96 valence electrons. The molecule has 0 atom stereocenters. The molecule has 0 spiro atoms. The van der Waals surface area contributed by atoms with Crippen LogP contribution in [0.3, 0.4) is 0 Å². The fraction of sp³-hybridized carbons (Fsp3) is 0.727. The molecule has 0 unspecified atom stereocenters. The number of allylic oxidation sites excluding steroid dienone is 1. The second-order valence-electron chi connectivity index (χ2n) is 4.35. The summed E-state index contributed by atoms with van der Waals surface area (Å²) >= 11 is 1.68. The van der Waals surface area contributed by atoms with E-state index in [4.69, 9.17) is 0 Å². The van der Waals surface area contributed by atoms with Gasteiger partial charge >= 0.3 is 0 Å². The molecule has 0 saturated carbocycles. The molecule has 0 amide bonds. The molecule has 0 fully saturated rings. The molecular formula is C11H21N5S. The van der Waals surface area contributed by atoms with E-state index in [-0.39, 0.29) is 0 Å². The lowest BCUT2D eigenvalue weighted by Gasteiger charge is -2.08. The molecule has 0 aliphatic heterocycles. The van der Waals surface area contributed by atoms with Gasteiger partial charge in [0.1, 0.15) is 0 Å². The van der Waals surface area contributed by atoms with E-state index in [1.54, 1.807) is 11.8 Å². The van der Waals surface area contributed by atoms with Crippen LogP contribution < -0.4 is 5.32 Å². The summed E-state index contributed by atoms with van der Waals surface area (Å²) in [5.74, 6) is 0.979. The van der Waals surface area contributed by atoms with E-state index in [2.05, 4.69) is 41.3 Å². The molecule has 17 heavy (non-hydrogen) atoms. The molecule has 1 aromatic heterocycles. The van der Waals surface area contributed by atoms with Crippen molar-refractivity contribution in [2.24, 2.45) is 0 Å². The molecule has 0 aliphatic rings. The zero-order chi connectivity index (χ0) is 12.7. The number of nitrogens with zero attached hydrogens (tertiary/aromatic N) is 4. The van der Waals surface area contributed by atoms with Crippen LogP contribution in [0.25, 0.3) is 0 Å². The van der Waals surface area contributed by atoms with E-state index >= 15 is 0 Å². The van der Waals surface area contributed by atoms with Gasteiger partial charge in [0.05, 0.1) is 6.54 Å². The van der Waals surface area contributed by atoms with Gasteiger partial charge in [-0.25, -0.2) is 4.68 Å². The molecule has 0 bridgehead atoms. The summed E-state index contributed by atoms with van der Waals surface area (Å²) in [5, 5.41) is 15.9. The lowest BCUT2D eigenvalue weighted by atomic mass is 10.3. The second-order valence-corrected chi connectivity index (χ2v) is 5.41. The highest BCUT2D eigenvalue weighted by Gasteiger charge is 2.06. The first-order chi connectivity index (χ1) is 8.09. The van der Waals surface area contributed by atoms with Crippen molar-refractivity contribution in [2.45, 2.75) is 44.9 Å². The van der Waals surface area contributed by atoms with Crippen LogP contribution in [0.5, 0.6) is 0 Å². The molecule has 1 rings (SSSR count). The molecule has 0 saturated heterocycles. The molecule has 1 N–H and O–H groups in total. The van der Waals surface area contributed by atoms with Gasteiger partial charge in [-0.2, -0.15) is 0 Å². The van der Waals surface area contributed by atoms with Gasteiger partial charge in [-0.3, -0.25) is 0 Å². The third-order valence-electron chi connectivity index (χ3n) is 2.14. The predicted molar refractivity (Wildman–Crippen MR) is 71.1 cm³/mol. The lowest BCUT2D eigenvalue weighted by molar-refractivity contribution is 0.485. The Morgan fingerprint density at radius 2 is 2.29 bits per heavy atom. The first-order valence-electron chi connectivity index (χ1n) is 5.86. The first kappa shape index (κ1) is 14.2. The van der Waals surface area contributed by atoms with Crippen LogP contribution in [-0.2, 0) is 6.54 Å². The van der Waals surface area contributed by atoms with Crippen LogP contribution >= 0.6 is 11.8 Å². The van der Waals surface area contributed by atoms with Gasteiger partial charge in [0.25, 0.3) is 0 Å². The van der Waals surface area contributed by atoms with Crippen molar-refractivity contribution in [1.82, 2.24) is 25.5 Å². The van der Waals surface area contributed by atoms with E-state index in [9.17, 15) is 0 Å². The summed E-state index contributed by atoms with van der Waals surface area (Å²) in [6, 6.07) is 0.492. The summed E-state index contributed by atoms with van der Waals surface area (Å²) in [5.41, 5.74) is 1.19. The second kappa shape index (κ2) is 7.45. The van der Waals surface area contributed by atoms with E-state index in [0.29, 0.717) is 6.04 Å². The molecule has 0 aliphatic carbocycles. The average molecular weight is 255 g/mol. The largest absolute Gasteiger partial charge is 0.313 e. The molecule has 1 heterocycles. The highest BCUT2D eigenvalue weighted by Crippen LogP contribution is 2.16. The Morgan fingerprint density at radius 3 is 2.94 bits per heavy atom. The predicted octanol–water partition coefficient (Wildman–Crippen LogP) is 1.73. The molecular weight excluding hydrogens is 234 g/mol. The van der Waals surface area contributed by atoms with Crippen LogP contribution in [0.15, 0.2) is 17.3 Å². The van der Waals surface area contributed by atoms with E-state index in [0.717, 1.165) is 30.4 Å². The number of thioether (sulfide) groups is 1. The minimum atomic E-state index is 0.492. The minimum absolute atomic E-state index is 0.492. The van der Waals surface area contributed by atoms with Crippen molar-refractivity contribution < 1.29 is 0 Å². The molecule has 1 aromatic rings. The van der Waals surface area contributed by atoms with Crippen molar-refractivity contribution in [3.8, 4) is 0 Å². The standard InChI is InChI=1S/C11H21N5S/c1-9(2)5-8-17-11-13-14-15-16(11)7-6-12-10(3)4/h10,12H,1,5-8H2,2-4H3. The summed E-state index contributed by atoms with van der Waals surface area (Å²) in [6.45, 7) is 11.9. The smallest absolute Gasteiger partial charge is 0.209 e. The van der Waals surface area contributed by atoms with Crippen molar-refractivity contribution in [3.63, 3.8) is 0 Å². The Bertz CT molecular complexity index is 347. The lowest BCUT2D eigenvalue weighted by Crippen LogP contribution is -2.27. The fourth-order valence-corrected chi connectivity index (χ4v) is 2.22. The minimum Gasteiger partial charge on any atom is -0.313 e. The summed E-state index contributed by atoms with van der Waals surface area (Å²) in [4.78, 5) is 0. The maximum absolute atomic E-state index is 4.02. The number of nitrogens with one attached hydrogen (secondary N) is 1. The highest BCUT2D eigenvalue weighted by molar-refractivity contribution is 7.99. The highest BCUT2D eigenvalue weighted by atomic mass is 32.2. The third kappa shape index (κ3) is 5.83. The van der Waals surface area contributed by atoms with Crippen LogP contribution in [0.4, 0.5) is 0 Å². The Hall–Kier alpha value is -0.880. The quantitative estimate of drug-likeness (QED) is 0.566. The maximum atomic E-state index is 4.02. The van der Waals surface area contributed by atoms with Crippen molar-refractivity contribution >= 4 is 11.8 Å². The van der Waals surface area contributed by atoms with Gasteiger partial charge in [0.15, 0.2) is 0 Å². The first-order valence-corrected chi connectivity index (χ1v) is 6.85. The van der Waals surface area contributed by atoms with Gasteiger partial charge < -0.3 is 5.32 Å². The van der Waals surface area contributed by atoms with Crippen LogP contribution in [-0.4, -0.2) is 38.5 Å². The average Bonchev–Trinajstić information content (AvgIpc) is 2.65. The SMILES string of the molecule is C=C(C)CCSc1nnnn1CCNC(C)C. The van der Waals surface area contributed by atoms with Gasteiger partial charge in [-0.15, -0.1) is 11.7 Å². The number of aromatic nitrogens is 4. The van der Waals surface area contributed by atoms with E-state index < -0.39 is 0 Å². The molecule has 0 aromatic carbocycles. The van der Waals surface area contributed by atoms with Crippen LogP contribution in [0, 0.1) is 0 Å². The zero-order valence-corrected chi connectivity index (χ0v) is 11.6. The van der Waals surface area contributed by atoms with Gasteiger partial charge in [-0.1, -0.05) is 31.2 Å². The molecule has 0 radical (unpaired) electrons. The van der Waals surface area contributed by atoms with E-state index in [1.807, 2.05) is 11.6 Å². The normalized spacial score (nSPS) is 11.1.